The van der Waals surface area contributed by atoms with E-state index in [-0.39, 0.29) is 30.1 Å². The van der Waals surface area contributed by atoms with Crippen LogP contribution in [-0.2, 0) is 27.5 Å². The van der Waals surface area contributed by atoms with E-state index in [1.165, 1.54) is 6.26 Å². The molecule has 1 saturated heterocycles. The van der Waals surface area contributed by atoms with E-state index in [1.54, 1.807) is 12.3 Å². The molecule has 1 unspecified atom stereocenters. The maximum absolute atomic E-state index is 11.8. The topological polar surface area (TPSA) is 92.9 Å². The van der Waals surface area contributed by atoms with Gasteiger partial charge in [0.25, 0.3) is 0 Å². The van der Waals surface area contributed by atoms with Crippen molar-refractivity contribution in [3.05, 3.63) is 53.5 Å². The number of guanidine groups is 1. The molecule has 1 fully saturated rings. The SMILES string of the molecule is Cc1cc(CN=C(NCCc2ccco2)NCC2CCCO2)ccc1S(C)(=O)=O.I. The molecule has 2 aromatic rings. The third-order valence-corrected chi connectivity index (χ3v) is 6.08. The number of rotatable bonds is 8. The number of nitrogens with zero attached hydrogens (tertiary/aromatic N) is 1. The Balaban J connectivity index is 0.00000320. The smallest absolute Gasteiger partial charge is 0.191 e. The van der Waals surface area contributed by atoms with Gasteiger partial charge < -0.3 is 19.8 Å². The zero-order chi connectivity index (χ0) is 20.7. The van der Waals surface area contributed by atoms with Gasteiger partial charge in [-0.05, 0) is 49.1 Å². The highest BCUT2D eigenvalue weighted by Crippen LogP contribution is 2.17. The number of nitrogens with one attached hydrogen (secondary N) is 2. The minimum atomic E-state index is -3.22. The fraction of sp³-hybridized carbons (Fsp3) is 0.476. The molecule has 1 aromatic carbocycles. The molecule has 0 spiro atoms. The first-order valence-corrected chi connectivity index (χ1v) is 11.8. The zero-order valence-electron chi connectivity index (χ0n) is 17.4. The minimum Gasteiger partial charge on any atom is -0.469 e. The molecule has 1 aliphatic heterocycles. The van der Waals surface area contributed by atoms with E-state index >= 15 is 0 Å². The van der Waals surface area contributed by atoms with Crippen LogP contribution in [0.15, 0.2) is 50.9 Å². The van der Waals surface area contributed by atoms with E-state index in [0.717, 1.165) is 42.8 Å². The summed E-state index contributed by atoms with van der Waals surface area (Å²) in [7, 11) is -3.22. The minimum absolute atomic E-state index is 0. The second-order valence-corrected chi connectivity index (χ2v) is 9.29. The number of ether oxygens (including phenoxy) is 1. The Morgan fingerprint density at radius 1 is 1.27 bits per heavy atom. The normalized spacial score (nSPS) is 16.9. The summed E-state index contributed by atoms with van der Waals surface area (Å²) in [6, 6.07) is 9.17. The summed E-state index contributed by atoms with van der Waals surface area (Å²) in [5.74, 6) is 1.62. The van der Waals surface area contributed by atoms with Gasteiger partial charge in [0.15, 0.2) is 15.8 Å². The fourth-order valence-corrected chi connectivity index (χ4v) is 4.30. The Kier molecular flexibility index (Phi) is 9.63. The van der Waals surface area contributed by atoms with E-state index in [4.69, 9.17) is 9.15 Å². The van der Waals surface area contributed by atoms with Crippen LogP contribution in [0.5, 0.6) is 0 Å². The van der Waals surface area contributed by atoms with E-state index in [9.17, 15) is 8.42 Å². The van der Waals surface area contributed by atoms with Crippen LogP contribution in [0.3, 0.4) is 0 Å². The summed E-state index contributed by atoms with van der Waals surface area (Å²) < 4.78 is 34.6. The largest absolute Gasteiger partial charge is 0.469 e. The van der Waals surface area contributed by atoms with Crippen molar-refractivity contribution in [2.45, 2.75) is 43.7 Å². The number of hydrogen-bond donors (Lipinski definition) is 2. The predicted octanol–water partition coefficient (Wildman–Crippen LogP) is 3.07. The number of aliphatic imine (C=N–C) groups is 1. The molecule has 2 heterocycles. The van der Waals surface area contributed by atoms with Gasteiger partial charge in [-0.2, -0.15) is 0 Å². The number of aryl methyl sites for hydroxylation is 1. The van der Waals surface area contributed by atoms with Crippen molar-refractivity contribution < 1.29 is 17.6 Å². The van der Waals surface area contributed by atoms with Gasteiger partial charge in [0.05, 0.1) is 23.8 Å². The molecule has 1 aliphatic rings. The zero-order valence-corrected chi connectivity index (χ0v) is 20.5. The van der Waals surface area contributed by atoms with Crippen molar-refractivity contribution in [3.63, 3.8) is 0 Å². The number of sulfone groups is 1. The van der Waals surface area contributed by atoms with Crippen LogP contribution in [0.1, 0.15) is 29.7 Å². The molecular weight excluding hydrogens is 517 g/mol. The average Bonchev–Trinajstić information content (AvgIpc) is 3.36. The number of furan rings is 1. The van der Waals surface area contributed by atoms with E-state index in [1.807, 2.05) is 31.2 Å². The highest BCUT2D eigenvalue weighted by molar-refractivity contribution is 14.0. The summed E-state index contributed by atoms with van der Waals surface area (Å²) in [5.41, 5.74) is 1.69. The first-order valence-electron chi connectivity index (χ1n) is 9.87. The van der Waals surface area contributed by atoms with Crippen molar-refractivity contribution >= 4 is 39.8 Å². The van der Waals surface area contributed by atoms with Gasteiger partial charge in [-0.25, -0.2) is 13.4 Å². The second kappa shape index (κ2) is 11.7. The quantitative estimate of drug-likeness (QED) is 0.300. The van der Waals surface area contributed by atoms with Crippen molar-refractivity contribution in [3.8, 4) is 0 Å². The standard InChI is InChI=1S/C21H29N3O4S.HI/c1-16-13-17(7-8-20(16)29(2,25)26)14-23-21(24-15-19-6-4-12-28-19)22-10-9-18-5-3-11-27-18;/h3,5,7-8,11,13,19H,4,6,9-10,12,14-15H2,1-2H3,(H2,22,23,24);1H. The highest BCUT2D eigenvalue weighted by Gasteiger charge is 2.16. The molecule has 0 bridgehead atoms. The van der Waals surface area contributed by atoms with Gasteiger partial charge in [-0.1, -0.05) is 12.1 Å². The van der Waals surface area contributed by atoms with Crippen molar-refractivity contribution in [1.82, 2.24) is 10.6 Å². The van der Waals surface area contributed by atoms with Crippen LogP contribution in [0.25, 0.3) is 0 Å². The Labute approximate surface area is 195 Å². The fourth-order valence-electron chi connectivity index (χ4n) is 3.35. The molecule has 9 heteroatoms. The van der Waals surface area contributed by atoms with Crippen molar-refractivity contribution in [2.75, 3.05) is 26.0 Å². The van der Waals surface area contributed by atoms with Crippen LogP contribution >= 0.6 is 24.0 Å². The Morgan fingerprint density at radius 3 is 2.73 bits per heavy atom. The summed E-state index contributed by atoms with van der Waals surface area (Å²) in [6.45, 7) is 4.47. The molecule has 0 aliphatic carbocycles. The lowest BCUT2D eigenvalue weighted by Crippen LogP contribution is -2.41. The maximum atomic E-state index is 11.8. The Hall–Kier alpha value is -1.59. The number of benzene rings is 1. The van der Waals surface area contributed by atoms with E-state index in [2.05, 4.69) is 15.6 Å². The number of halogens is 1. The molecule has 3 rings (SSSR count). The maximum Gasteiger partial charge on any atom is 0.191 e. The van der Waals surface area contributed by atoms with E-state index < -0.39 is 9.84 Å². The van der Waals surface area contributed by atoms with Crippen molar-refractivity contribution in [2.24, 2.45) is 4.99 Å². The molecule has 30 heavy (non-hydrogen) atoms. The first kappa shape index (κ1) is 24.7. The molecule has 0 amide bonds. The molecule has 1 aromatic heterocycles. The molecule has 0 radical (unpaired) electrons. The van der Waals surface area contributed by atoms with Crippen molar-refractivity contribution in [1.29, 1.82) is 0 Å². The van der Waals surface area contributed by atoms with Crippen LogP contribution in [0, 0.1) is 6.92 Å². The molecular formula is C21H30IN3O4S. The average molecular weight is 547 g/mol. The third kappa shape index (κ3) is 7.59. The molecule has 166 valence electrons. The van der Waals surface area contributed by atoms with E-state index in [0.29, 0.717) is 30.5 Å². The summed E-state index contributed by atoms with van der Waals surface area (Å²) in [5, 5.41) is 6.68. The van der Waals surface area contributed by atoms with Gasteiger partial charge in [0.2, 0.25) is 0 Å². The van der Waals surface area contributed by atoms with Crippen LogP contribution < -0.4 is 10.6 Å². The summed E-state index contributed by atoms with van der Waals surface area (Å²) in [6.07, 6.45) is 6.01. The van der Waals surface area contributed by atoms with Gasteiger partial charge >= 0.3 is 0 Å². The Morgan fingerprint density at radius 2 is 2.10 bits per heavy atom. The molecule has 7 nitrogen and oxygen atoms in total. The molecule has 0 saturated carbocycles. The van der Waals surface area contributed by atoms with Gasteiger partial charge in [0.1, 0.15) is 5.76 Å². The van der Waals surface area contributed by atoms with Crippen LogP contribution in [0.2, 0.25) is 0 Å². The van der Waals surface area contributed by atoms with Crippen LogP contribution in [0.4, 0.5) is 0 Å². The lowest BCUT2D eigenvalue weighted by atomic mass is 10.1. The van der Waals surface area contributed by atoms with Gasteiger partial charge in [-0.3, -0.25) is 0 Å². The first-order chi connectivity index (χ1) is 13.9. The third-order valence-electron chi connectivity index (χ3n) is 4.82. The summed E-state index contributed by atoms with van der Waals surface area (Å²) in [4.78, 5) is 5.03. The monoisotopic (exact) mass is 547 g/mol. The molecule has 1 atom stereocenters. The lowest BCUT2D eigenvalue weighted by Gasteiger charge is -2.15. The predicted molar refractivity (Wildman–Crippen MR) is 128 cm³/mol. The highest BCUT2D eigenvalue weighted by atomic mass is 127. The Bertz CT molecular complexity index is 924. The lowest BCUT2D eigenvalue weighted by molar-refractivity contribution is 0.114. The van der Waals surface area contributed by atoms with Crippen LogP contribution in [-0.4, -0.2) is 46.4 Å². The summed E-state index contributed by atoms with van der Waals surface area (Å²) >= 11 is 0. The van der Waals surface area contributed by atoms with Gasteiger partial charge in [0, 0.05) is 32.4 Å². The van der Waals surface area contributed by atoms with Gasteiger partial charge in [-0.15, -0.1) is 24.0 Å². The molecule has 2 N–H and O–H groups in total. The second-order valence-electron chi connectivity index (χ2n) is 7.31. The number of hydrogen-bond acceptors (Lipinski definition) is 5.